The predicted octanol–water partition coefficient (Wildman–Crippen LogP) is 3.02. The standard InChI is InChI=1S/C15H25N3O2S/c1-15(2,3)20-14(19)17-8-12-6-4-5-7-18(12)10-13-9-16-11-21-13/h9,11-12H,4-8,10H2,1-3H3,(H,17,19). The van der Waals surface area contributed by atoms with Crippen LogP contribution >= 0.6 is 11.3 Å². The molecule has 1 aliphatic rings. The summed E-state index contributed by atoms with van der Waals surface area (Å²) in [6.45, 7) is 8.29. The molecule has 1 saturated heterocycles. The van der Waals surface area contributed by atoms with Crippen molar-refractivity contribution in [1.82, 2.24) is 15.2 Å². The number of nitrogens with one attached hydrogen (secondary N) is 1. The van der Waals surface area contributed by atoms with Crippen molar-refractivity contribution >= 4 is 17.4 Å². The van der Waals surface area contributed by atoms with Gasteiger partial charge in [-0.3, -0.25) is 9.88 Å². The molecule has 1 aromatic rings. The van der Waals surface area contributed by atoms with Crippen LogP contribution in [0.25, 0.3) is 0 Å². The highest BCUT2D eigenvalue weighted by Gasteiger charge is 2.24. The fourth-order valence-electron chi connectivity index (χ4n) is 2.54. The molecule has 1 aromatic heterocycles. The van der Waals surface area contributed by atoms with Crippen molar-refractivity contribution in [2.45, 2.75) is 58.2 Å². The summed E-state index contributed by atoms with van der Waals surface area (Å²) < 4.78 is 5.29. The lowest BCUT2D eigenvalue weighted by atomic mass is 10.0. The van der Waals surface area contributed by atoms with E-state index in [4.69, 9.17) is 4.74 Å². The first-order chi connectivity index (χ1) is 9.94. The van der Waals surface area contributed by atoms with Crippen LogP contribution < -0.4 is 5.32 Å². The average Bonchev–Trinajstić information content (AvgIpc) is 2.88. The molecule has 1 fully saturated rings. The first-order valence-electron chi connectivity index (χ1n) is 7.52. The Morgan fingerprint density at radius 2 is 2.33 bits per heavy atom. The molecule has 0 spiro atoms. The molecule has 1 N–H and O–H groups in total. The number of hydrogen-bond donors (Lipinski definition) is 1. The summed E-state index contributed by atoms with van der Waals surface area (Å²) in [7, 11) is 0. The summed E-state index contributed by atoms with van der Waals surface area (Å²) in [5.74, 6) is 0. The molecule has 2 rings (SSSR count). The van der Waals surface area contributed by atoms with E-state index in [0.29, 0.717) is 12.6 Å². The lowest BCUT2D eigenvalue weighted by molar-refractivity contribution is 0.0492. The Hall–Kier alpha value is -1.14. The number of carbonyl (C=O) groups is 1. The number of aromatic nitrogens is 1. The number of nitrogens with zero attached hydrogens (tertiary/aromatic N) is 2. The highest BCUT2D eigenvalue weighted by atomic mass is 32.1. The SMILES string of the molecule is CC(C)(C)OC(=O)NCC1CCCCN1Cc1cncs1. The zero-order chi connectivity index (χ0) is 15.3. The Kier molecular flexibility index (Phi) is 5.58. The first-order valence-corrected chi connectivity index (χ1v) is 8.40. The van der Waals surface area contributed by atoms with E-state index in [9.17, 15) is 4.79 Å². The van der Waals surface area contributed by atoms with Crippen molar-refractivity contribution in [2.75, 3.05) is 13.1 Å². The van der Waals surface area contributed by atoms with Crippen molar-refractivity contribution in [2.24, 2.45) is 0 Å². The van der Waals surface area contributed by atoms with Gasteiger partial charge in [-0.15, -0.1) is 11.3 Å². The number of ether oxygens (including phenoxy) is 1. The van der Waals surface area contributed by atoms with Crippen LogP contribution in [0.4, 0.5) is 4.79 Å². The number of carbonyl (C=O) groups excluding carboxylic acids is 1. The lowest BCUT2D eigenvalue weighted by Gasteiger charge is -2.35. The third kappa shape index (κ3) is 5.63. The summed E-state index contributed by atoms with van der Waals surface area (Å²) in [6.07, 6.45) is 5.17. The molecule has 1 unspecified atom stereocenters. The minimum atomic E-state index is -0.445. The molecule has 0 aromatic carbocycles. The Morgan fingerprint density at radius 1 is 1.52 bits per heavy atom. The van der Waals surface area contributed by atoms with Gasteiger partial charge in [-0.25, -0.2) is 4.79 Å². The zero-order valence-corrected chi connectivity index (χ0v) is 13.9. The predicted molar refractivity (Wildman–Crippen MR) is 84.4 cm³/mol. The summed E-state index contributed by atoms with van der Waals surface area (Å²) in [5.41, 5.74) is 1.42. The van der Waals surface area contributed by atoms with E-state index in [1.54, 1.807) is 11.3 Å². The van der Waals surface area contributed by atoms with Gasteiger partial charge < -0.3 is 10.1 Å². The van der Waals surface area contributed by atoms with Crippen LogP contribution in [-0.2, 0) is 11.3 Å². The molecule has 6 heteroatoms. The molecule has 5 nitrogen and oxygen atoms in total. The number of rotatable bonds is 4. The van der Waals surface area contributed by atoms with E-state index >= 15 is 0 Å². The summed E-state index contributed by atoms with van der Waals surface area (Å²) >= 11 is 1.69. The van der Waals surface area contributed by atoms with Crippen molar-refractivity contribution in [3.63, 3.8) is 0 Å². The number of thiazole rings is 1. The maximum Gasteiger partial charge on any atom is 0.407 e. The van der Waals surface area contributed by atoms with E-state index in [2.05, 4.69) is 15.2 Å². The average molecular weight is 311 g/mol. The van der Waals surface area contributed by atoms with Crippen molar-refractivity contribution in [3.8, 4) is 0 Å². The Labute approximate surface area is 130 Å². The largest absolute Gasteiger partial charge is 0.444 e. The highest BCUT2D eigenvalue weighted by Crippen LogP contribution is 2.20. The Bertz CT molecular complexity index is 442. The van der Waals surface area contributed by atoms with Gasteiger partial charge in [-0.05, 0) is 40.2 Å². The first kappa shape index (κ1) is 16.2. The summed E-state index contributed by atoms with van der Waals surface area (Å²) in [6, 6.07) is 0.383. The molecule has 2 heterocycles. The molecular weight excluding hydrogens is 286 g/mol. The van der Waals surface area contributed by atoms with E-state index in [0.717, 1.165) is 19.5 Å². The van der Waals surface area contributed by atoms with Crippen LogP contribution in [0.3, 0.4) is 0 Å². The van der Waals surface area contributed by atoms with Gasteiger partial charge in [-0.1, -0.05) is 6.42 Å². The van der Waals surface area contributed by atoms with Crippen molar-refractivity contribution in [1.29, 1.82) is 0 Å². The van der Waals surface area contributed by atoms with Crippen LogP contribution in [0.1, 0.15) is 44.9 Å². The second kappa shape index (κ2) is 7.22. The third-order valence-corrected chi connectivity index (χ3v) is 4.24. The second-order valence-corrected chi connectivity index (χ2v) is 7.44. The van der Waals surface area contributed by atoms with Gasteiger partial charge in [0.1, 0.15) is 5.60 Å². The second-order valence-electron chi connectivity index (χ2n) is 6.47. The smallest absolute Gasteiger partial charge is 0.407 e. The van der Waals surface area contributed by atoms with Crippen LogP contribution in [0.5, 0.6) is 0 Å². The number of hydrogen-bond acceptors (Lipinski definition) is 5. The molecule has 1 atom stereocenters. The fourth-order valence-corrected chi connectivity index (χ4v) is 3.15. The number of likely N-dealkylation sites (tertiary alicyclic amines) is 1. The van der Waals surface area contributed by atoms with Crippen LogP contribution in [0, 0.1) is 0 Å². The minimum absolute atomic E-state index is 0.328. The van der Waals surface area contributed by atoms with E-state index in [1.165, 1.54) is 17.7 Å². The third-order valence-electron chi connectivity index (χ3n) is 3.47. The maximum absolute atomic E-state index is 11.8. The highest BCUT2D eigenvalue weighted by molar-refractivity contribution is 7.09. The Balaban J connectivity index is 1.83. The Morgan fingerprint density at radius 3 is 3.00 bits per heavy atom. The zero-order valence-electron chi connectivity index (χ0n) is 13.1. The quantitative estimate of drug-likeness (QED) is 0.928. The fraction of sp³-hybridized carbons (Fsp3) is 0.733. The maximum atomic E-state index is 11.8. The van der Waals surface area contributed by atoms with Gasteiger partial charge in [0.05, 0.1) is 5.51 Å². The summed E-state index contributed by atoms with van der Waals surface area (Å²) in [4.78, 5) is 19.6. The lowest BCUT2D eigenvalue weighted by Crippen LogP contribution is -2.47. The van der Waals surface area contributed by atoms with Gasteiger partial charge in [0, 0.05) is 30.2 Å². The normalized spacial score (nSPS) is 20.2. The minimum Gasteiger partial charge on any atom is -0.444 e. The molecule has 1 amide bonds. The molecule has 0 aliphatic carbocycles. The molecule has 1 aliphatic heterocycles. The van der Waals surface area contributed by atoms with Gasteiger partial charge >= 0.3 is 6.09 Å². The van der Waals surface area contributed by atoms with Crippen molar-refractivity contribution < 1.29 is 9.53 Å². The molecule has 21 heavy (non-hydrogen) atoms. The van der Waals surface area contributed by atoms with E-state index in [1.807, 2.05) is 32.5 Å². The molecule has 118 valence electrons. The van der Waals surface area contributed by atoms with Gasteiger partial charge in [0.2, 0.25) is 0 Å². The van der Waals surface area contributed by atoms with Crippen LogP contribution in [0.2, 0.25) is 0 Å². The topological polar surface area (TPSA) is 54.5 Å². The number of alkyl carbamates (subject to hydrolysis) is 1. The number of piperidine rings is 1. The van der Waals surface area contributed by atoms with Gasteiger partial charge in [0.15, 0.2) is 0 Å². The molecule has 0 saturated carbocycles. The van der Waals surface area contributed by atoms with Gasteiger partial charge in [0.25, 0.3) is 0 Å². The van der Waals surface area contributed by atoms with E-state index in [-0.39, 0.29) is 6.09 Å². The van der Waals surface area contributed by atoms with E-state index < -0.39 is 5.60 Å². The number of amides is 1. The summed E-state index contributed by atoms with van der Waals surface area (Å²) in [5, 5.41) is 2.90. The van der Waals surface area contributed by atoms with Crippen LogP contribution in [0.15, 0.2) is 11.7 Å². The van der Waals surface area contributed by atoms with Crippen molar-refractivity contribution in [3.05, 3.63) is 16.6 Å². The monoisotopic (exact) mass is 311 g/mol. The molecular formula is C15H25N3O2S. The molecule has 0 bridgehead atoms. The van der Waals surface area contributed by atoms with Gasteiger partial charge in [-0.2, -0.15) is 0 Å². The van der Waals surface area contributed by atoms with Crippen LogP contribution in [-0.4, -0.2) is 40.7 Å². The molecule has 0 radical (unpaired) electrons.